The molecule has 1 amide bonds. The van der Waals surface area contributed by atoms with Crippen LogP contribution in [0.5, 0.6) is 0 Å². The highest BCUT2D eigenvalue weighted by Gasteiger charge is 2.27. The number of methoxy groups -OCH3 is 1. The molecule has 1 saturated heterocycles. The molecule has 1 aliphatic heterocycles. The van der Waals surface area contributed by atoms with Crippen LogP contribution in [0.15, 0.2) is 18.2 Å². The van der Waals surface area contributed by atoms with Gasteiger partial charge >= 0.3 is 0 Å². The van der Waals surface area contributed by atoms with Gasteiger partial charge in [0.15, 0.2) is 0 Å². The third kappa shape index (κ3) is 3.47. The first-order valence-corrected chi connectivity index (χ1v) is 7.52. The molecule has 1 aromatic rings. The SMILES string of the molecule is CCNC(=O)c1ccc(N2CCC(C)C(OC)C2)c(N)c1. The minimum atomic E-state index is -0.0854. The van der Waals surface area contributed by atoms with Gasteiger partial charge in [-0.05, 0) is 37.5 Å². The van der Waals surface area contributed by atoms with Crippen molar-refractivity contribution in [3.05, 3.63) is 23.8 Å². The molecule has 116 valence electrons. The van der Waals surface area contributed by atoms with E-state index in [1.807, 2.05) is 19.1 Å². The smallest absolute Gasteiger partial charge is 0.251 e. The molecule has 5 nitrogen and oxygen atoms in total. The zero-order chi connectivity index (χ0) is 15.4. The first-order chi connectivity index (χ1) is 10.1. The quantitative estimate of drug-likeness (QED) is 0.831. The molecule has 5 heteroatoms. The summed E-state index contributed by atoms with van der Waals surface area (Å²) in [7, 11) is 1.76. The van der Waals surface area contributed by atoms with Gasteiger partial charge in [-0.3, -0.25) is 4.79 Å². The van der Waals surface area contributed by atoms with Crippen LogP contribution in [0.2, 0.25) is 0 Å². The molecule has 3 N–H and O–H groups in total. The van der Waals surface area contributed by atoms with Crippen molar-refractivity contribution >= 4 is 17.3 Å². The zero-order valence-corrected chi connectivity index (χ0v) is 13.1. The van der Waals surface area contributed by atoms with Gasteiger partial charge in [0.25, 0.3) is 5.91 Å². The van der Waals surface area contributed by atoms with Crippen LogP contribution < -0.4 is 16.0 Å². The fourth-order valence-electron chi connectivity index (χ4n) is 2.81. The van der Waals surface area contributed by atoms with Crippen LogP contribution in [-0.2, 0) is 4.74 Å². The van der Waals surface area contributed by atoms with Crippen molar-refractivity contribution in [2.24, 2.45) is 5.92 Å². The number of nitrogens with two attached hydrogens (primary N) is 1. The Morgan fingerprint density at radius 2 is 2.29 bits per heavy atom. The van der Waals surface area contributed by atoms with E-state index in [-0.39, 0.29) is 12.0 Å². The van der Waals surface area contributed by atoms with Crippen molar-refractivity contribution in [3.8, 4) is 0 Å². The molecule has 1 aromatic carbocycles. The number of amides is 1. The van der Waals surface area contributed by atoms with E-state index in [9.17, 15) is 4.79 Å². The number of carbonyl (C=O) groups is 1. The molecule has 0 aromatic heterocycles. The third-order valence-electron chi connectivity index (χ3n) is 4.16. The molecule has 21 heavy (non-hydrogen) atoms. The second kappa shape index (κ2) is 6.80. The highest BCUT2D eigenvalue weighted by molar-refractivity contribution is 5.96. The van der Waals surface area contributed by atoms with Crippen molar-refractivity contribution in [3.63, 3.8) is 0 Å². The summed E-state index contributed by atoms with van der Waals surface area (Å²) in [5.74, 6) is 0.472. The van der Waals surface area contributed by atoms with Crippen LogP contribution in [0, 0.1) is 5.92 Å². The van der Waals surface area contributed by atoms with Gasteiger partial charge in [0.05, 0.1) is 17.5 Å². The number of anilines is 2. The zero-order valence-electron chi connectivity index (χ0n) is 13.1. The van der Waals surface area contributed by atoms with E-state index in [2.05, 4.69) is 17.1 Å². The summed E-state index contributed by atoms with van der Waals surface area (Å²) in [4.78, 5) is 14.1. The van der Waals surface area contributed by atoms with Gasteiger partial charge in [-0.25, -0.2) is 0 Å². The summed E-state index contributed by atoms with van der Waals surface area (Å²) in [5, 5.41) is 2.78. The maximum absolute atomic E-state index is 11.8. The number of benzene rings is 1. The van der Waals surface area contributed by atoms with Crippen molar-refractivity contribution in [2.75, 3.05) is 37.4 Å². The molecule has 0 bridgehead atoms. The number of nitrogens with zero attached hydrogens (tertiary/aromatic N) is 1. The van der Waals surface area contributed by atoms with Crippen molar-refractivity contribution in [1.82, 2.24) is 5.32 Å². The number of piperidine rings is 1. The predicted molar refractivity (Wildman–Crippen MR) is 85.7 cm³/mol. The minimum absolute atomic E-state index is 0.0854. The van der Waals surface area contributed by atoms with Crippen molar-refractivity contribution in [2.45, 2.75) is 26.4 Å². The van der Waals surface area contributed by atoms with Gasteiger partial charge in [-0.2, -0.15) is 0 Å². The molecule has 0 radical (unpaired) electrons. The lowest BCUT2D eigenvalue weighted by atomic mass is 9.95. The molecule has 1 fully saturated rings. The Hall–Kier alpha value is -1.75. The maximum Gasteiger partial charge on any atom is 0.251 e. The molecular weight excluding hydrogens is 266 g/mol. The summed E-state index contributed by atoms with van der Waals surface area (Å²) in [6.45, 7) is 6.52. The average molecular weight is 291 g/mol. The number of ether oxygens (including phenoxy) is 1. The number of rotatable bonds is 4. The third-order valence-corrected chi connectivity index (χ3v) is 4.16. The Labute approximate surface area is 126 Å². The van der Waals surface area contributed by atoms with Gasteiger partial charge in [0.1, 0.15) is 0 Å². The largest absolute Gasteiger partial charge is 0.397 e. The monoisotopic (exact) mass is 291 g/mol. The molecule has 2 atom stereocenters. The predicted octanol–water partition coefficient (Wildman–Crippen LogP) is 1.88. The Bertz CT molecular complexity index is 504. The van der Waals surface area contributed by atoms with Gasteiger partial charge in [0.2, 0.25) is 0 Å². The first kappa shape index (κ1) is 15.6. The van der Waals surface area contributed by atoms with Crippen LogP contribution in [0.25, 0.3) is 0 Å². The van der Waals surface area contributed by atoms with E-state index < -0.39 is 0 Å². The van der Waals surface area contributed by atoms with Gasteiger partial charge < -0.3 is 20.7 Å². The first-order valence-electron chi connectivity index (χ1n) is 7.52. The van der Waals surface area contributed by atoms with E-state index >= 15 is 0 Å². The Morgan fingerprint density at radius 1 is 1.52 bits per heavy atom. The molecule has 0 aliphatic carbocycles. The second-order valence-corrected chi connectivity index (χ2v) is 5.62. The topological polar surface area (TPSA) is 67.6 Å². The van der Waals surface area contributed by atoms with E-state index in [1.165, 1.54) is 0 Å². The second-order valence-electron chi connectivity index (χ2n) is 5.62. The van der Waals surface area contributed by atoms with Crippen molar-refractivity contribution in [1.29, 1.82) is 0 Å². The number of hydrogen-bond acceptors (Lipinski definition) is 4. The Morgan fingerprint density at radius 3 is 2.90 bits per heavy atom. The van der Waals surface area contributed by atoms with Gasteiger partial charge in [-0.1, -0.05) is 6.92 Å². The van der Waals surface area contributed by atoms with E-state index in [1.54, 1.807) is 13.2 Å². The lowest BCUT2D eigenvalue weighted by molar-refractivity contribution is 0.0499. The molecule has 1 heterocycles. The van der Waals surface area contributed by atoms with Gasteiger partial charge in [0, 0.05) is 32.3 Å². The fraction of sp³-hybridized carbons (Fsp3) is 0.562. The van der Waals surface area contributed by atoms with E-state index in [4.69, 9.17) is 10.5 Å². The summed E-state index contributed by atoms with van der Waals surface area (Å²) < 4.78 is 5.54. The summed E-state index contributed by atoms with van der Waals surface area (Å²) in [6.07, 6.45) is 1.30. The normalized spacial score (nSPS) is 22.1. The lowest BCUT2D eigenvalue weighted by Crippen LogP contribution is -2.44. The average Bonchev–Trinajstić information content (AvgIpc) is 2.48. The summed E-state index contributed by atoms with van der Waals surface area (Å²) in [6, 6.07) is 5.51. The molecule has 2 unspecified atom stereocenters. The van der Waals surface area contributed by atoms with Crippen LogP contribution in [0.1, 0.15) is 30.6 Å². The summed E-state index contributed by atoms with van der Waals surface area (Å²) >= 11 is 0. The van der Waals surface area contributed by atoms with E-state index in [0.29, 0.717) is 23.7 Å². The number of hydrogen-bond donors (Lipinski definition) is 2. The van der Waals surface area contributed by atoms with Crippen LogP contribution in [0.4, 0.5) is 11.4 Å². The van der Waals surface area contributed by atoms with E-state index in [0.717, 1.165) is 25.2 Å². The van der Waals surface area contributed by atoms with Crippen LogP contribution in [0.3, 0.4) is 0 Å². The number of nitrogens with one attached hydrogen (secondary N) is 1. The molecule has 0 saturated carbocycles. The number of nitrogen functional groups attached to an aromatic ring is 1. The molecule has 0 spiro atoms. The Kier molecular flexibility index (Phi) is 5.07. The fourth-order valence-corrected chi connectivity index (χ4v) is 2.81. The summed E-state index contributed by atoms with van der Waals surface area (Å²) in [5.41, 5.74) is 8.37. The Balaban J connectivity index is 2.15. The minimum Gasteiger partial charge on any atom is -0.397 e. The molecule has 1 aliphatic rings. The molecule has 2 rings (SSSR count). The van der Waals surface area contributed by atoms with Gasteiger partial charge in [-0.15, -0.1) is 0 Å². The van der Waals surface area contributed by atoms with Crippen molar-refractivity contribution < 1.29 is 9.53 Å². The highest BCUT2D eigenvalue weighted by Crippen LogP contribution is 2.29. The maximum atomic E-state index is 11.8. The number of carbonyl (C=O) groups excluding carboxylic acids is 1. The standard InChI is InChI=1S/C16H25N3O2/c1-4-18-16(20)12-5-6-14(13(17)9-12)19-8-7-11(2)15(10-19)21-3/h5-6,9,11,15H,4,7-8,10,17H2,1-3H3,(H,18,20). The highest BCUT2D eigenvalue weighted by atomic mass is 16.5. The van der Waals surface area contributed by atoms with Crippen LogP contribution >= 0.6 is 0 Å². The van der Waals surface area contributed by atoms with Crippen LogP contribution in [-0.4, -0.2) is 38.8 Å². The molecular formula is C16H25N3O2. The lowest BCUT2D eigenvalue weighted by Gasteiger charge is -2.38.